The number of aliphatic hydroxyl groups is 2. The number of esters is 2. The van der Waals surface area contributed by atoms with Gasteiger partial charge in [-0.3, -0.25) is 9.59 Å². The SMILES string of the molecule is CCCCCCCCCCCCCCCCCCC(=O)O[C@@H](CO)COC(=O)CCC/C=C\C/C=C\C/C=C\C/C=C\CC[C@@H](O)CC. The van der Waals surface area contributed by atoms with E-state index >= 15 is 0 Å². The van der Waals surface area contributed by atoms with Crippen molar-refractivity contribution in [2.24, 2.45) is 0 Å². The molecule has 0 rings (SSSR count). The zero-order valence-electron chi connectivity index (χ0n) is 31.1. The molecule has 0 fully saturated rings. The predicted octanol–water partition coefficient (Wildman–Crippen LogP) is 11.2. The number of allylic oxidation sites excluding steroid dienone is 8. The Morgan fingerprint density at radius 1 is 0.562 bits per heavy atom. The summed E-state index contributed by atoms with van der Waals surface area (Å²) >= 11 is 0. The second-order valence-electron chi connectivity index (χ2n) is 13.2. The number of hydrogen-bond acceptors (Lipinski definition) is 6. The molecule has 6 nitrogen and oxygen atoms in total. The van der Waals surface area contributed by atoms with Crippen LogP contribution < -0.4 is 0 Å². The van der Waals surface area contributed by atoms with Gasteiger partial charge in [0.1, 0.15) is 6.61 Å². The number of carbonyl (C=O) groups is 2. The zero-order valence-corrected chi connectivity index (χ0v) is 31.1. The molecule has 0 aliphatic carbocycles. The number of unbranched alkanes of at least 4 members (excludes halogenated alkanes) is 16. The second-order valence-corrected chi connectivity index (χ2v) is 13.2. The Morgan fingerprint density at radius 3 is 1.48 bits per heavy atom. The van der Waals surface area contributed by atoms with E-state index in [1.54, 1.807) is 0 Å². The number of aliphatic hydroxyl groups excluding tert-OH is 2. The maximum Gasteiger partial charge on any atom is 0.306 e. The van der Waals surface area contributed by atoms with Gasteiger partial charge in [0.25, 0.3) is 0 Å². The topological polar surface area (TPSA) is 93.1 Å². The van der Waals surface area contributed by atoms with Crippen molar-refractivity contribution < 1.29 is 29.3 Å². The van der Waals surface area contributed by atoms with E-state index in [1.165, 1.54) is 83.5 Å². The fraction of sp³-hybridized carbons (Fsp3) is 0.762. The van der Waals surface area contributed by atoms with E-state index in [0.717, 1.165) is 64.2 Å². The largest absolute Gasteiger partial charge is 0.462 e. The molecule has 2 atom stereocenters. The molecule has 0 radical (unpaired) electrons. The van der Waals surface area contributed by atoms with Crippen LogP contribution in [0.1, 0.15) is 181 Å². The van der Waals surface area contributed by atoms with Crippen LogP contribution in [0, 0.1) is 0 Å². The number of carbonyl (C=O) groups excluding carboxylic acids is 2. The van der Waals surface area contributed by atoms with Gasteiger partial charge in [0.05, 0.1) is 12.7 Å². The lowest BCUT2D eigenvalue weighted by Crippen LogP contribution is -2.28. The lowest BCUT2D eigenvalue weighted by atomic mass is 10.0. The van der Waals surface area contributed by atoms with Crippen LogP contribution in [-0.4, -0.2) is 47.6 Å². The van der Waals surface area contributed by atoms with Crippen LogP contribution in [0.3, 0.4) is 0 Å². The lowest BCUT2D eigenvalue weighted by Gasteiger charge is -2.15. The summed E-state index contributed by atoms with van der Waals surface area (Å²) in [6.45, 7) is 3.81. The molecular formula is C42H74O6. The highest BCUT2D eigenvalue weighted by Crippen LogP contribution is 2.14. The van der Waals surface area contributed by atoms with Gasteiger partial charge in [-0.1, -0.05) is 159 Å². The summed E-state index contributed by atoms with van der Waals surface area (Å²) in [5.41, 5.74) is 0. The monoisotopic (exact) mass is 675 g/mol. The highest BCUT2D eigenvalue weighted by Gasteiger charge is 2.16. The van der Waals surface area contributed by atoms with Gasteiger partial charge in [0.15, 0.2) is 6.10 Å². The standard InChI is InChI=1S/C42H74O6/c1-3-5-6-7-8-9-10-11-12-13-18-21-24-27-30-33-36-42(46)48-40(37-43)38-47-41(45)35-32-29-26-23-20-17-15-14-16-19-22-25-28-31-34-39(44)4-2/h15-17,19,23,25-26,28,39-40,43-44H,3-14,18,20-22,24,27,29-38H2,1-2H3/b17-15-,19-16-,26-23-,28-25-/t39-,40-/m0/s1. The second kappa shape index (κ2) is 37.6. The van der Waals surface area contributed by atoms with Crippen molar-refractivity contribution in [1.29, 1.82) is 0 Å². The van der Waals surface area contributed by atoms with Crippen LogP contribution in [0.15, 0.2) is 48.6 Å². The normalized spacial score (nSPS) is 13.3. The molecule has 0 saturated carbocycles. The molecule has 0 aromatic rings. The first kappa shape index (κ1) is 45.8. The quantitative estimate of drug-likeness (QED) is 0.0395. The minimum absolute atomic E-state index is 0.103. The fourth-order valence-corrected chi connectivity index (χ4v) is 5.35. The minimum atomic E-state index is -0.800. The fourth-order valence-electron chi connectivity index (χ4n) is 5.35. The van der Waals surface area contributed by atoms with E-state index in [2.05, 4.69) is 55.5 Å². The third kappa shape index (κ3) is 35.1. The van der Waals surface area contributed by atoms with Crippen molar-refractivity contribution in [3.8, 4) is 0 Å². The predicted molar refractivity (Wildman–Crippen MR) is 202 cm³/mol. The summed E-state index contributed by atoms with van der Waals surface area (Å²) in [7, 11) is 0. The van der Waals surface area contributed by atoms with Crippen molar-refractivity contribution in [2.75, 3.05) is 13.2 Å². The van der Waals surface area contributed by atoms with Gasteiger partial charge in [-0.15, -0.1) is 0 Å². The van der Waals surface area contributed by atoms with E-state index in [-0.39, 0.29) is 31.3 Å². The van der Waals surface area contributed by atoms with E-state index < -0.39 is 6.10 Å². The molecule has 278 valence electrons. The molecule has 0 aromatic carbocycles. The molecule has 0 amide bonds. The third-order valence-electron chi connectivity index (χ3n) is 8.54. The van der Waals surface area contributed by atoms with Crippen molar-refractivity contribution in [2.45, 2.75) is 193 Å². The average Bonchev–Trinajstić information content (AvgIpc) is 3.09. The van der Waals surface area contributed by atoms with Crippen LogP contribution in [-0.2, 0) is 19.1 Å². The van der Waals surface area contributed by atoms with Crippen LogP contribution in [0.2, 0.25) is 0 Å². The zero-order chi connectivity index (χ0) is 35.2. The van der Waals surface area contributed by atoms with Crippen LogP contribution in [0.25, 0.3) is 0 Å². The average molecular weight is 675 g/mol. The summed E-state index contributed by atoms with van der Waals surface area (Å²) < 4.78 is 10.5. The van der Waals surface area contributed by atoms with E-state index in [9.17, 15) is 19.8 Å². The van der Waals surface area contributed by atoms with E-state index in [0.29, 0.717) is 19.3 Å². The van der Waals surface area contributed by atoms with Crippen molar-refractivity contribution >= 4 is 11.9 Å². The Hall–Kier alpha value is -2.18. The Kier molecular flexibility index (Phi) is 35.9. The van der Waals surface area contributed by atoms with Gasteiger partial charge >= 0.3 is 11.9 Å². The molecule has 0 aromatic heterocycles. The van der Waals surface area contributed by atoms with Gasteiger partial charge in [0.2, 0.25) is 0 Å². The maximum atomic E-state index is 12.2. The third-order valence-corrected chi connectivity index (χ3v) is 8.54. The molecule has 0 aliphatic heterocycles. The van der Waals surface area contributed by atoms with Crippen LogP contribution in [0.4, 0.5) is 0 Å². The molecule has 0 aliphatic rings. The first-order chi connectivity index (χ1) is 23.5. The van der Waals surface area contributed by atoms with Gasteiger partial charge < -0.3 is 19.7 Å². The number of rotatable bonds is 35. The number of ether oxygens (including phenoxy) is 2. The van der Waals surface area contributed by atoms with Gasteiger partial charge in [-0.05, 0) is 57.8 Å². The lowest BCUT2D eigenvalue weighted by molar-refractivity contribution is -0.161. The Morgan fingerprint density at radius 2 is 1.00 bits per heavy atom. The molecule has 0 bridgehead atoms. The summed E-state index contributed by atoms with van der Waals surface area (Å²) in [4.78, 5) is 24.2. The minimum Gasteiger partial charge on any atom is -0.462 e. The summed E-state index contributed by atoms with van der Waals surface area (Å²) in [5.74, 6) is -0.672. The maximum absolute atomic E-state index is 12.2. The first-order valence-corrected chi connectivity index (χ1v) is 19.8. The van der Waals surface area contributed by atoms with E-state index in [4.69, 9.17) is 9.47 Å². The van der Waals surface area contributed by atoms with Crippen molar-refractivity contribution in [1.82, 2.24) is 0 Å². The summed E-state index contributed by atoms with van der Waals surface area (Å²) in [6.07, 6.45) is 44.0. The Bertz CT molecular complexity index is 830. The van der Waals surface area contributed by atoms with Crippen molar-refractivity contribution in [3.63, 3.8) is 0 Å². The molecule has 2 N–H and O–H groups in total. The molecule has 6 heteroatoms. The summed E-state index contributed by atoms with van der Waals surface area (Å²) in [6, 6.07) is 0. The van der Waals surface area contributed by atoms with Gasteiger partial charge in [-0.25, -0.2) is 0 Å². The molecule has 48 heavy (non-hydrogen) atoms. The highest BCUT2D eigenvalue weighted by atomic mass is 16.6. The number of hydrogen-bond donors (Lipinski definition) is 2. The van der Waals surface area contributed by atoms with E-state index in [1.807, 2.05) is 6.92 Å². The molecule has 0 spiro atoms. The molecule has 0 unspecified atom stereocenters. The van der Waals surface area contributed by atoms with Crippen LogP contribution in [0.5, 0.6) is 0 Å². The Balaban J connectivity index is 3.66. The smallest absolute Gasteiger partial charge is 0.306 e. The molecular weight excluding hydrogens is 600 g/mol. The molecule has 0 saturated heterocycles. The highest BCUT2D eigenvalue weighted by molar-refractivity contribution is 5.70. The van der Waals surface area contributed by atoms with Gasteiger partial charge in [-0.2, -0.15) is 0 Å². The Labute approximate surface area is 295 Å². The van der Waals surface area contributed by atoms with Crippen LogP contribution >= 0.6 is 0 Å². The summed E-state index contributed by atoms with van der Waals surface area (Å²) in [5, 5.41) is 19.1. The first-order valence-electron chi connectivity index (χ1n) is 19.8. The van der Waals surface area contributed by atoms with Gasteiger partial charge in [0, 0.05) is 12.8 Å². The molecule has 0 heterocycles. The van der Waals surface area contributed by atoms with Crippen molar-refractivity contribution in [3.05, 3.63) is 48.6 Å².